The minimum Gasteiger partial charge on any atom is -0.379 e. The number of hydrogen-bond donors (Lipinski definition) is 1. The average molecular weight is 288 g/mol. The molecule has 0 aliphatic rings. The molecule has 0 amide bonds. The Balaban J connectivity index is 2.89. The van der Waals surface area contributed by atoms with Crippen LogP contribution in [0.15, 0.2) is 18.2 Å². The SMILES string of the molecule is CNC(Cc1ccc(F)c(Cl)c1)C(OC)C(C)(C)C. The van der Waals surface area contributed by atoms with Crippen LogP contribution in [0, 0.1) is 11.2 Å². The first kappa shape index (κ1) is 16.4. The van der Waals surface area contributed by atoms with E-state index >= 15 is 0 Å². The largest absolute Gasteiger partial charge is 0.379 e. The van der Waals surface area contributed by atoms with E-state index in [-0.39, 0.29) is 28.4 Å². The van der Waals surface area contributed by atoms with Crippen LogP contribution >= 0.6 is 11.6 Å². The van der Waals surface area contributed by atoms with Crippen LogP contribution in [0.1, 0.15) is 26.3 Å². The van der Waals surface area contributed by atoms with E-state index in [1.54, 1.807) is 19.2 Å². The van der Waals surface area contributed by atoms with E-state index < -0.39 is 0 Å². The molecule has 0 saturated carbocycles. The summed E-state index contributed by atoms with van der Waals surface area (Å²) in [6.45, 7) is 6.43. The van der Waals surface area contributed by atoms with Gasteiger partial charge in [-0.25, -0.2) is 4.39 Å². The molecule has 19 heavy (non-hydrogen) atoms. The summed E-state index contributed by atoms with van der Waals surface area (Å²) in [6, 6.07) is 4.99. The van der Waals surface area contributed by atoms with Gasteiger partial charge in [-0.3, -0.25) is 0 Å². The monoisotopic (exact) mass is 287 g/mol. The minimum absolute atomic E-state index is 0.0201. The fourth-order valence-corrected chi connectivity index (χ4v) is 2.61. The number of hydrogen-bond acceptors (Lipinski definition) is 2. The molecule has 1 N–H and O–H groups in total. The van der Waals surface area contributed by atoms with Crippen molar-refractivity contribution in [1.82, 2.24) is 5.32 Å². The summed E-state index contributed by atoms with van der Waals surface area (Å²) >= 11 is 5.82. The molecule has 0 saturated heterocycles. The Morgan fingerprint density at radius 1 is 1.37 bits per heavy atom. The van der Waals surface area contributed by atoms with Crippen molar-refractivity contribution in [2.45, 2.75) is 39.3 Å². The second-order valence-corrected chi connectivity index (χ2v) is 6.28. The molecule has 0 aromatic heterocycles. The van der Waals surface area contributed by atoms with E-state index in [4.69, 9.17) is 16.3 Å². The summed E-state index contributed by atoms with van der Waals surface area (Å²) in [5.74, 6) is -0.384. The number of halogens is 2. The van der Waals surface area contributed by atoms with Crippen LogP contribution < -0.4 is 5.32 Å². The number of likely N-dealkylation sites (N-methyl/N-ethyl adjacent to an activating group) is 1. The molecule has 1 rings (SSSR count). The van der Waals surface area contributed by atoms with Crippen molar-refractivity contribution in [2.75, 3.05) is 14.2 Å². The molecule has 0 fully saturated rings. The molecule has 1 aromatic carbocycles. The fraction of sp³-hybridized carbons (Fsp3) is 0.600. The highest BCUT2D eigenvalue weighted by molar-refractivity contribution is 6.30. The molecule has 0 spiro atoms. The molecule has 0 aliphatic heterocycles. The number of rotatable bonds is 5. The second kappa shape index (κ2) is 6.69. The lowest BCUT2D eigenvalue weighted by Gasteiger charge is -2.36. The predicted molar refractivity (Wildman–Crippen MR) is 78.2 cm³/mol. The number of benzene rings is 1. The van der Waals surface area contributed by atoms with Gasteiger partial charge in [-0.15, -0.1) is 0 Å². The second-order valence-electron chi connectivity index (χ2n) is 5.87. The van der Waals surface area contributed by atoms with Crippen molar-refractivity contribution < 1.29 is 9.13 Å². The standard InChI is InChI=1S/C15H23ClFNO/c1-15(2,3)14(19-5)13(18-4)9-10-6-7-12(17)11(16)8-10/h6-8,13-14,18H,9H2,1-5H3. The van der Waals surface area contributed by atoms with Gasteiger partial charge < -0.3 is 10.1 Å². The molecular weight excluding hydrogens is 265 g/mol. The molecule has 2 nitrogen and oxygen atoms in total. The van der Waals surface area contributed by atoms with Crippen LogP contribution in [0.5, 0.6) is 0 Å². The summed E-state index contributed by atoms with van der Waals surface area (Å²) in [6.07, 6.45) is 0.799. The van der Waals surface area contributed by atoms with Crippen molar-refractivity contribution >= 4 is 11.6 Å². The molecule has 0 bridgehead atoms. The highest BCUT2D eigenvalue weighted by atomic mass is 35.5. The molecule has 4 heteroatoms. The van der Waals surface area contributed by atoms with E-state index in [1.165, 1.54) is 6.07 Å². The molecule has 0 aliphatic carbocycles. The van der Waals surface area contributed by atoms with Gasteiger partial charge in [-0.2, -0.15) is 0 Å². The van der Waals surface area contributed by atoms with Gasteiger partial charge in [0.15, 0.2) is 0 Å². The van der Waals surface area contributed by atoms with Crippen LogP contribution in [0.2, 0.25) is 5.02 Å². The molecule has 2 atom stereocenters. The lowest BCUT2D eigenvalue weighted by Crippen LogP contribution is -2.47. The Hall–Kier alpha value is -0.640. The van der Waals surface area contributed by atoms with Gasteiger partial charge >= 0.3 is 0 Å². The maximum absolute atomic E-state index is 13.2. The maximum Gasteiger partial charge on any atom is 0.141 e. The Morgan fingerprint density at radius 2 is 2.00 bits per heavy atom. The number of methoxy groups -OCH3 is 1. The Bertz CT molecular complexity index is 417. The van der Waals surface area contributed by atoms with E-state index in [9.17, 15) is 4.39 Å². The van der Waals surface area contributed by atoms with Crippen LogP contribution in [-0.4, -0.2) is 26.3 Å². The van der Waals surface area contributed by atoms with Crippen LogP contribution in [0.3, 0.4) is 0 Å². The number of nitrogens with one attached hydrogen (secondary N) is 1. The molecule has 1 aromatic rings. The quantitative estimate of drug-likeness (QED) is 0.892. The summed E-state index contributed by atoms with van der Waals surface area (Å²) in [5, 5.41) is 3.44. The molecular formula is C15H23ClFNO. The zero-order chi connectivity index (χ0) is 14.6. The summed E-state index contributed by atoms with van der Waals surface area (Å²) in [4.78, 5) is 0. The summed E-state index contributed by atoms with van der Waals surface area (Å²) < 4.78 is 18.8. The van der Waals surface area contributed by atoms with Crippen molar-refractivity contribution in [1.29, 1.82) is 0 Å². The third-order valence-corrected chi connectivity index (χ3v) is 3.57. The highest BCUT2D eigenvalue weighted by Crippen LogP contribution is 2.27. The van der Waals surface area contributed by atoms with Gasteiger partial charge in [-0.1, -0.05) is 38.4 Å². The average Bonchev–Trinajstić information content (AvgIpc) is 2.31. The van der Waals surface area contributed by atoms with E-state index in [0.717, 1.165) is 12.0 Å². The smallest absolute Gasteiger partial charge is 0.141 e. The van der Waals surface area contributed by atoms with Crippen molar-refractivity contribution in [3.8, 4) is 0 Å². The van der Waals surface area contributed by atoms with Gasteiger partial charge in [0.2, 0.25) is 0 Å². The minimum atomic E-state index is -0.384. The Kier molecular flexibility index (Phi) is 5.78. The third-order valence-electron chi connectivity index (χ3n) is 3.28. The lowest BCUT2D eigenvalue weighted by molar-refractivity contribution is -0.00921. The van der Waals surface area contributed by atoms with Crippen molar-refractivity contribution in [2.24, 2.45) is 5.41 Å². The highest BCUT2D eigenvalue weighted by Gasteiger charge is 2.31. The van der Waals surface area contributed by atoms with E-state index in [0.29, 0.717) is 0 Å². The predicted octanol–water partition coefficient (Wildman–Crippen LogP) is 3.67. The van der Waals surface area contributed by atoms with Gasteiger partial charge in [0.25, 0.3) is 0 Å². The van der Waals surface area contributed by atoms with Gasteiger partial charge in [0.05, 0.1) is 11.1 Å². The first-order valence-corrected chi connectivity index (χ1v) is 6.81. The van der Waals surface area contributed by atoms with Crippen molar-refractivity contribution in [3.05, 3.63) is 34.6 Å². The normalized spacial score (nSPS) is 15.3. The van der Waals surface area contributed by atoms with Gasteiger partial charge in [-0.05, 0) is 36.6 Å². The summed E-state index contributed by atoms with van der Waals surface area (Å²) in [5.41, 5.74) is 1.02. The molecule has 0 radical (unpaired) electrons. The lowest BCUT2D eigenvalue weighted by atomic mass is 9.82. The van der Waals surface area contributed by atoms with Gasteiger partial charge in [0.1, 0.15) is 5.82 Å². The molecule has 108 valence electrons. The van der Waals surface area contributed by atoms with E-state index in [1.807, 2.05) is 7.05 Å². The molecule has 0 heterocycles. The first-order valence-electron chi connectivity index (χ1n) is 6.43. The topological polar surface area (TPSA) is 21.3 Å². The van der Waals surface area contributed by atoms with Crippen LogP contribution in [-0.2, 0) is 11.2 Å². The summed E-state index contributed by atoms with van der Waals surface area (Å²) in [7, 11) is 3.63. The zero-order valence-electron chi connectivity index (χ0n) is 12.3. The van der Waals surface area contributed by atoms with E-state index in [2.05, 4.69) is 26.1 Å². The number of ether oxygens (including phenoxy) is 1. The third kappa shape index (κ3) is 4.44. The van der Waals surface area contributed by atoms with Crippen LogP contribution in [0.25, 0.3) is 0 Å². The molecule has 2 unspecified atom stereocenters. The van der Waals surface area contributed by atoms with Crippen LogP contribution in [0.4, 0.5) is 4.39 Å². The Labute approximate surface area is 120 Å². The zero-order valence-corrected chi connectivity index (χ0v) is 13.0. The maximum atomic E-state index is 13.2. The fourth-order valence-electron chi connectivity index (χ4n) is 2.40. The van der Waals surface area contributed by atoms with Crippen molar-refractivity contribution in [3.63, 3.8) is 0 Å². The Morgan fingerprint density at radius 3 is 2.42 bits per heavy atom. The first-order chi connectivity index (χ1) is 8.79. The van der Waals surface area contributed by atoms with Gasteiger partial charge in [0, 0.05) is 13.2 Å².